The second kappa shape index (κ2) is 8.00. The highest BCUT2D eigenvalue weighted by Crippen LogP contribution is 2.44. The Hall–Kier alpha value is -2.65. The number of methoxy groups -OCH3 is 1. The molecule has 1 aliphatic heterocycles. The van der Waals surface area contributed by atoms with Crippen molar-refractivity contribution in [3.05, 3.63) is 83.9 Å². The normalized spacial score (nSPS) is 14.6. The fourth-order valence-electron chi connectivity index (χ4n) is 4.14. The number of allylic oxidation sites excluding steroid dienone is 1. The lowest BCUT2D eigenvalue weighted by atomic mass is 9.85. The number of ether oxygens (including phenoxy) is 1. The van der Waals surface area contributed by atoms with Gasteiger partial charge >= 0.3 is 0 Å². The summed E-state index contributed by atoms with van der Waals surface area (Å²) in [6, 6.07) is 23.3. The van der Waals surface area contributed by atoms with E-state index in [0.717, 1.165) is 17.1 Å². The van der Waals surface area contributed by atoms with E-state index in [1.807, 2.05) is 23.9 Å². The first kappa shape index (κ1) is 19.7. The van der Waals surface area contributed by atoms with Crippen LogP contribution in [0, 0.1) is 0 Å². The molecule has 4 rings (SSSR count). The van der Waals surface area contributed by atoms with Crippen molar-refractivity contribution in [2.75, 3.05) is 12.4 Å². The van der Waals surface area contributed by atoms with Crippen molar-refractivity contribution in [1.82, 2.24) is 0 Å². The topological polar surface area (TPSA) is 21.3 Å². The van der Waals surface area contributed by atoms with Gasteiger partial charge in [-0.3, -0.25) is 0 Å². The molecule has 0 saturated carbocycles. The minimum absolute atomic E-state index is 0.0487. The van der Waals surface area contributed by atoms with Crippen molar-refractivity contribution in [3.8, 4) is 16.9 Å². The molecule has 0 fully saturated rings. The molecule has 3 heteroatoms. The first-order valence-electron chi connectivity index (χ1n) is 9.93. The van der Waals surface area contributed by atoms with Crippen LogP contribution in [0.5, 0.6) is 5.75 Å². The summed E-state index contributed by atoms with van der Waals surface area (Å²) in [5.74, 6) is 1.80. The highest BCUT2D eigenvalue weighted by Gasteiger charge is 2.26. The van der Waals surface area contributed by atoms with Crippen LogP contribution in [0.25, 0.3) is 16.7 Å². The average molecular weight is 402 g/mol. The van der Waals surface area contributed by atoms with Gasteiger partial charge in [0.1, 0.15) is 5.75 Å². The molecule has 3 aromatic rings. The fourth-order valence-corrected chi connectivity index (χ4v) is 5.10. The van der Waals surface area contributed by atoms with Crippen LogP contribution in [0.1, 0.15) is 31.9 Å². The number of hydrogen-bond donors (Lipinski definition) is 1. The van der Waals surface area contributed by atoms with Gasteiger partial charge in [-0.05, 0) is 61.7 Å². The fraction of sp³-hybridized carbons (Fsp3) is 0.231. The summed E-state index contributed by atoms with van der Waals surface area (Å²) in [5, 5.41) is 3.70. The zero-order valence-electron chi connectivity index (χ0n) is 17.5. The van der Waals surface area contributed by atoms with Crippen molar-refractivity contribution in [2.24, 2.45) is 0 Å². The lowest BCUT2D eigenvalue weighted by Crippen LogP contribution is -2.31. The maximum Gasteiger partial charge on any atom is 0.126 e. The third kappa shape index (κ3) is 4.06. The summed E-state index contributed by atoms with van der Waals surface area (Å²) in [4.78, 5) is 1.28. The summed E-state index contributed by atoms with van der Waals surface area (Å²) in [6.45, 7) is 6.65. The predicted octanol–water partition coefficient (Wildman–Crippen LogP) is 7.26. The van der Waals surface area contributed by atoms with Gasteiger partial charge in [0, 0.05) is 27.5 Å². The van der Waals surface area contributed by atoms with Gasteiger partial charge in [-0.25, -0.2) is 0 Å². The molecule has 0 saturated heterocycles. The second-order valence-corrected chi connectivity index (χ2v) is 9.04. The van der Waals surface area contributed by atoms with Crippen LogP contribution in [-0.2, 0) is 5.75 Å². The van der Waals surface area contributed by atoms with E-state index in [-0.39, 0.29) is 5.54 Å². The van der Waals surface area contributed by atoms with Crippen LogP contribution in [0.2, 0.25) is 0 Å². The molecule has 29 heavy (non-hydrogen) atoms. The monoisotopic (exact) mass is 401 g/mol. The molecular weight excluding hydrogens is 374 g/mol. The molecule has 0 bridgehead atoms. The van der Waals surface area contributed by atoms with Crippen molar-refractivity contribution < 1.29 is 4.74 Å². The van der Waals surface area contributed by atoms with Crippen LogP contribution < -0.4 is 10.1 Å². The van der Waals surface area contributed by atoms with Crippen molar-refractivity contribution >= 4 is 23.0 Å². The summed E-state index contributed by atoms with van der Waals surface area (Å²) in [7, 11) is 1.74. The lowest BCUT2D eigenvalue weighted by molar-refractivity contribution is 0.416. The Morgan fingerprint density at radius 3 is 2.38 bits per heavy atom. The molecule has 1 heterocycles. The largest absolute Gasteiger partial charge is 0.496 e. The van der Waals surface area contributed by atoms with Crippen molar-refractivity contribution in [3.63, 3.8) is 0 Å². The van der Waals surface area contributed by atoms with Gasteiger partial charge in [-0.2, -0.15) is 0 Å². The molecule has 0 spiro atoms. The summed E-state index contributed by atoms with van der Waals surface area (Å²) in [6.07, 6.45) is 2.33. The van der Waals surface area contributed by atoms with Gasteiger partial charge in [-0.15, -0.1) is 11.8 Å². The van der Waals surface area contributed by atoms with E-state index in [9.17, 15) is 0 Å². The first-order chi connectivity index (χ1) is 14.0. The molecular formula is C26H27NOS. The SMILES string of the molecule is COc1ccccc1-c1ccc2c(c1CSc1ccccc1)C(C)=CC(C)(C)N2. The minimum atomic E-state index is -0.0487. The molecule has 1 aliphatic rings. The molecule has 0 unspecified atom stereocenters. The Kier molecular flexibility index (Phi) is 5.42. The maximum absolute atomic E-state index is 5.68. The first-order valence-corrected chi connectivity index (χ1v) is 10.9. The van der Waals surface area contributed by atoms with Crippen LogP contribution in [0.15, 0.2) is 77.7 Å². The van der Waals surface area contributed by atoms with Crippen LogP contribution in [0.3, 0.4) is 0 Å². The number of benzene rings is 3. The Morgan fingerprint density at radius 2 is 1.62 bits per heavy atom. The number of hydrogen-bond acceptors (Lipinski definition) is 3. The second-order valence-electron chi connectivity index (χ2n) is 7.99. The molecule has 148 valence electrons. The molecule has 1 N–H and O–H groups in total. The van der Waals surface area contributed by atoms with E-state index in [4.69, 9.17) is 4.74 Å². The maximum atomic E-state index is 5.68. The Labute approximate surface area is 178 Å². The Bertz CT molecular complexity index is 1050. The zero-order chi connectivity index (χ0) is 20.4. The van der Waals surface area contributed by atoms with Crippen LogP contribution >= 0.6 is 11.8 Å². The molecule has 0 amide bonds. The van der Waals surface area contributed by atoms with Crippen LogP contribution in [0.4, 0.5) is 5.69 Å². The standard InChI is InChI=1S/C26H27NOS/c1-18-16-26(2,3)27-23-15-14-20(21-12-8-9-13-24(21)28-4)22(25(18)23)17-29-19-10-6-5-7-11-19/h5-16,27H,17H2,1-4H3. The van der Waals surface area contributed by atoms with Crippen LogP contribution in [-0.4, -0.2) is 12.6 Å². The molecule has 0 aliphatic carbocycles. The highest BCUT2D eigenvalue weighted by molar-refractivity contribution is 7.98. The molecule has 0 atom stereocenters. The number of nitrogens with one attached hydrogen (secondary N) is 1. The molecule has 0 aromatic heterocycles. The van der Waals surface area contributed by atoms with E-state index >= 15 is 0 Å². The van der Waals surface area contributed by atoms with Gasteiger partial charge in [0.25, 0.3) is 0 Å². The summed E-state index contributed by atoms with van der Waals surface area (Å²) < 4.78 is 5.68. The number of para-hydroxylation sites is 1. The smallest absolute Gasteiger partial charge is 0.126 e. The highest BCUT2D eigenvalue weighted by atomic mass is 32.2. The molecule has 2 nitrogen and oxygen atoms in total. The number of rotatable bonds is 5. The number of fused-ring (bicyclic) bond motifs is 1. The molecule has 3 aromatic carbocycles. The van der Waals surface area contributed by atoms with E-state index in [1.54, 1.807) is 7.11 Å². The lowest BCUT2D eigenvalue weighted by Gasteiger charge is -2.33. The molecule has 0 radical (unpaired) electrons. The zero-order valence-corrected chi connectivity index (χ0v) is 18.3. The van der Waals surface area contributed by atoms with Gasteiger partial charge in [-0.1, -0.05) is 48.5 Å². The Morgan fingerprint density at radius 1 is 0.897 bits per heavy atom. The third-order valence-electron chi connectivity index (χ3n) is 5.26. The van der Waals surface area contributed by atoms with E-state index in [0.29, 0.717) is 0 Å². The van der Waals surface area contributed by atoms with Gasteiger partial charge in [0.2, 0.25) is 0 Å². The van der Waals surface area contributed by atoms with E-state index in [2.05, 4.69) is 86.8 Å². The van der Waals surface area contributed by atoms with Crippen molar-refractivity contribution in [2.45, 2.75) is 37.0 Å². The van der Waals surface area contributed by atoms with Gasteiger partial charge in [0.05, 0.1) is 12.6 Å². The average Bonchev–Trinajstić information content (AvgIpc) is 2.71. The summed E-state index contributed by atoms with van der Waals surface area (Å²) in [5.41, 5.74) is 7.51. The number of anilines is 1. The quantitative estimate of drug-likeness (QED) is 0.455. The van der Waals surface area contributed by atoms with Gasteiger partial charge < -0.3 is 10.1 Å². The van der Waals surface area contributed by atoms with Gasteiger partial charge in [0.15, 0.2) is 0 Å². The Balaban J connectivity index is 1.86. The summed E-state index contributed by atoms with van der Waals surface area (Å²) >= 11 is 1.87. The van der Waals surface area contributed by atoms with E-state index < -0.39 is 0 Å². The van der Waals surface area contributed by atoms with Crippen molar-refractivity contribution in [1.29, 1.82) is 0 Å². The number of thioether (sulfide) groups is 1. The van der Waals surface area contributed by atoms with E-state index in [1.165, 1.54) is 32.8 Å². The third-order valence-corrected chi connectivity index (χ3v) is 6.30. The minimum Gasteiger partial charge on any atom is -0.496 e. The predicted molar refractivity (Wildman–Crippen MR) is 126 cm³/mol.